The second-order valence-corrected chi connectivity index (χ2v) is 10.4. The molecule has 4 aromatic rings. The van der Waals surface area contributed by atoms with E-state index in [2.05, 4.69) is 37.6 Å². The molecule has 0 aliphatic heterocycles. The van der Waals surface area contributed by atoms with Gasteiger partial charge in [0, 0.05) is 52.3 Å². The topological polar surface area (TPSA) is 87.1 Å². The van der Waals surface area contributed by atoms with Gasteiger partial charge >= 0.3 is 6.09 Å². The highest BCUT2D eigenvalue weighted by atomic mass is 32.2. The van der Waals surface area contributed by atoms with Crippen molar-refractivity contribution in [1.82, 2.24) is 14.1 Å². The predicted molar refractivity (Wildman–Crippen MR) is 143 cm³/mol. The summed E-state index contributed by atoms with van der Waals surface area (Å²) in [7, 11) is 0. The molecule has 5 rings (SSSR count). The molecule has 0 atom stereocenters. The van der Waals surface area contributed by atoms with E-state index in [1.165, 1.54) is 16.8 Å². The smallest absolute Gasteiger partial charge is 0.411 e. The number of nitrogens with one attached hydrogen (secondary N) is 1. The molecular weight excluding hydrogens is 458 g/mol. The Morgan fingerprint density at radius 2 is 2.03 bits per heavy atom. The second-order valence-electron chi connectivity index (χ2n) is 9.20. The van der Waals surface area contributed by atoms with Gasteiger partial charge in [-0.2, -0.15) is 0 Å². The van der Waals surface area contributed by atoms with E-state index in [1.54, 1.807) is 0 Å². The maximum Gasteiger partial charge on any atom is 0.411 e. The minimum atomic E-state index is -0.450. The fraction of sp³-hybridized carbons (Fsp3) is 0.333. The van der Waals surface area contributed by atoms with E-state index in [1.807, 2.05) is 68.6 Å². The summed E-state index contributed by atoms with van der Waals surface area (Å²) in [4.78, 5) is 17.3. The van der Waals surface area contributed by atoms with Gasteiger partial charge in [-0.05, 0) is 63.4 Å². The third-order valence-corrected chi connectivity index (χ3v) is 7.35. The lowest BCUT2D eigenvalue weighted by Crippen LogP contribution is -2.18. The Balaban J connectivity index is 1.43. The number of nitrogens with zero attached hydrogens (tertiary/aromatic N) is 3. The molecule has 0 unspecified atom stereocenters. The Kier molecular flexibility index (Phi) is 6.72. The molecule has 182 valence electrons. The number of carbonyl (C=O) groups is 1. The number of fused-ring (bicyclic) bond motifs is 1. The number of thioether (sulfide) groups is 1. The zero-order valence-corrected chi connectivity index (χ0v) is 20.9. The van der Waals surface area contributed by atoms with Crippen molar-refractivity contribution >= 4 is 40.1 Å². The minimum Gasteiger partial charge on any atom is -0.447 e. The molecule has 1 saturated carbocycles. The molecule has 0 radical (unpaired) electrons. The average Bonchev–Trinajstić information content (AvgIpc) is 3.40. The molecule has 2 aromatic carbocycles. The van der Waals surface area contributed by atoms with E-state index in [0.29, 0.717) is 11.7 Å². The molecule has 7 nitrogen and oxygen atoms in total. The minimum absolute atomic E-state index is 0.166. The fourth-order valence-corrected chi connectivity index (χ4v) is 5.38. The Hall–Kier alpha value is -3.39. The first-order chi connectivity index (χ1) is 17.0. The molecule has 1 aliphatic rings. The van der Waals surface area contributed by atoms with Crippen molar-refractivity contribution in [2.45, 2.75) is 56.7 Å². The first-order valence-corrected chi connectivity index (χ1v) is 13.1. The lowest BCUT2D eigenvalue weighted by atomic mass is 9.92. The van der Waals surface area contributed by atoms with E-state index in [0.717, 1.165) is 47.5 Å². The van der Waals surface area contributed by atoms with Crippen molar-refractivity contribution < 1.29 is 9.53 Å². The largest absolute Gasteiger partial charge is 0.447 e. The van der Waals surface area contributed by atoms with Crippen molar-refractivity contribution in [1.29, 1.82) is 0 Å². The van der Waals surface area contributed by atoms with Crippen LogP contribution in [0, 0.1) is 0 Å². The first kappa shape index (κ1) is 23.4. The van der Waals surface area contributed by atoms with Gasteiger partial charge in [-0.25, -0.2) is 9.78 Å². The Bertz CT molecular complexity index is 1310. The van der Waals surface area contributed by atoms with Crippen LogP contribution in [0.5, 0.6) is 0 Å². The Morgan fingerprint density at radius 1 is 1.23 bits per heavy atom. The number of imidazole rings is 1. The van der Waals surface area contributed by atoms with E-state index in [-0.39, 0.29) is 6.10 Å². The van der Waals surface area contributed by atoms with Crippen LogP contribution in [0.4, 0.5) is 16.2 Å². The van der Waals surface area contributed by atoms with Gasteiger partial charge in [0.2, 0.25) is 0 Å². The van der Waals surface area contributed by atoms with Crippen LogP contribution >= 0.6 is 11.8 Å². The monoisotopic (exact) mass is 489 g/mol. The standard InChI is InChI=1S/C27H31N5O2S/c1-18(2)34-27(33)30-20-8-6-19(7-9-20)26-25(28)23-11-10-22(35-15-14-31-13-12-29-17-31)16-24(23)32(26)21-4-3-5-21/h6-13,16-18,21H,3-5,14-15,28H2,1-2H3,(H,30,33). The van der Waals surface area contributed by atoms with Gasteiger partial charge in [0.1, 0.15) is 0 Å². The zero-order chi connectivity index (χ0) is 24.4. The summed E-state index contributed by atoms with van der Waals surface area (Å²) in [6.45, 7) is 4.58. The number of rotatable bonds is 8. The van der Waals surface area contributed by atoms with Crippen LogP contribution in [0.15, 0.2) is 66.1 Å². The second kappa shape index (κ2) is 10.1. The summed E-state index contributed by atoms with van der Waals surface area (Å²) in [5.41, 5.74) is 11.5. The SMILES string of the molecule is CC(C)OC(=O)Nc1ccc(-c2c(N)c3ccc(SCCn4ccnc4)cc3n2C2CCC2)cc1. The highest BCUT2D eigenvalue weighted by Gasteiger charge is 2.27. The molecule has 8 heteroatoms. The maximum absolute atomic E-state index is 11.9. The van der Waals surface area contributed by atoms with Crippen molar-refractivity contribution in [2.24, 2.45) is 0 Å². The molecule has 0 bridgehead atoms. The van der Waals surface area contributed by atoms with Crippen LogP contribution in [0.3, 0.4) is 0 Å². The Labute approximate surface area is 209 Å². The number of nitrogen functional groups attached to an aromatic ring is 1. The highest BCUT2D eigenvalue weighted by molar-refractivity contribution is 7.99. The predicted octanol–water partition coefficient (Wildman–Crippen LogP) is 6.56. The fourth-order valence-electron chi connectivity index (χ4n) is 4.49. The van der Waals surface area contributed by atoms with Crippen LogP contribution < -0.4 is 11.1 Å². The van der Waals surface area contributed by atoms with Crippen molar-refractivity contribution in [2.75, 3.05) is 16.8 Å². The lowest BCUT2D eigenvalue weighted by Gasteiger charge is -2.30. The number of aromatic nitrogens is 3. The molecule has 2 aromatic heterocycles. The number of nitrogens with two attached hydrogens (primary N) is 1. The zero-order valence-electron chi connectivity index (χ0n) is 20.1. The molecule has 3 N–H and O–H groups in total. The summed E-state index contributed by atoms with van der Waals surface area (Å²) >= 11 is 1.85. The maximum atomic E-state index is 11.9. The van der Waals surface area contributed by atoms with Crippen LogP contribution in [0.1, 0.15) is 39.2 Å². The van der Waals surface area contributed by atoms with Crippen LogP contribution in [0.25, 0.3) is 22.2 Å². The molecule has 0 spiro atoms. The molecule has 1 fully saturated rings. The Morgan fingerprint density at radius 3 is 2.69 bits per heavy atom. The quantitative estimate of drug-likeness (QED) is 0.274. The van der Waals surface area contributed by atoms with Crippen LogP contribution in [0.2, 0.25) is 0 Å². The van der Waals surface area contributed by atoms with Crippen molar-refractivity contribution in [3.63, 3.8) is 0 Å². The lowest BCUT2D eigenvalue weighted by molar-refractivity contribution is 0.130. The van der Waals surface area contributed by atoms with Crippen molar-refractivity contribution in [3.8, 4) is 11.3 Å². The summed E-state index contributed by atoms with van der Waals surface area (Å²) < 4.78 is 9.71. The van der Waals surface area contributed by atoms with Crippen molar-refractivity contribution in [3.05, 3.63) is 61.2 Å². The molecule has 1 aliphatic carbocycles. The normalized spacial score (nSPS) is 13.8. The summed E-state index contributed by atoms with van der Waals surface area (Å²) in [5.74, 6) is 0.974. The number of anilines is 2. The van der Waals surface area contributed by atoms with Gasteiger partial charge in [0.05, 0.1) is 29.3 Å². The third kappa shape index (κ3) is 5.03. The number of ether oxygens (including phenoxy) is 1. The summed E-state index contributed by atoms with van der Waals surface area (Å²) in [6, 6.07) is 14.9. The van der Waals surface area contributed by atoms with Crippen LogP contribution in [-0.4, -0.2) is 32.1 Å². The molecule has 1 amide bonds. The average molecular weight is 490 g/mol. The van der Waals surface area contributed by atoms with Gasteiger partial charge in [-0.3, -0.25) is 5.32 Å². The number of aryl methyl sites for hydroxylation is 1. The molecule has 35 heavy (non-hydrogen) atoms. The highest BCUT2D eigenvalue weighted by Crippen LogP contribution is 2.45. The van der Waals surface area contributed by atoms with Gasteiger partial charge in [-0.1, -0.05) is 12.1 Å². The van der Waals surface area contributed by atoms with Gasteiger partial charge in [-0.15, -0.1) is 11.8 Å². The van der Waals surface area contributed by atoms with Crippen LogP contribution in [-0.2, 0) is 11.3 Å². The molecular formula is C27H31N5O2S. The summed E-state index contributed by atoms with van der Waals surface area (Å²) in [5, 5.41) is 3.87. The number of benzene rings is 2. The third-order valence-electron chi connectivity index (χ3n) is 6.38. The number of hydrogen-bond donors (Lipinski definition) is 2. The number of amides is 1. The van der Waals surface area contributed by atoms with E-state index >= 15 is 0 Å². The van der Waals surface area contributed by atoms with Gasteiger partial charge in [0.25, 0.3) is 0 Å². The van der Waals surface area contributed by atoms with Gasteiger partial charge in [0.15, 0.2) is 0 Å². The van der Waals surface area contributed by atoms with E-state index < -0.39 is 6.09 Å². The van der Waals surface area contributed by atoms with E-state index in [4.69, 9.17) is 10.5 Å². The number of carbonyl (C=O) groups excluding carboxylic acids is 1. The molecule has 2 heterocycles. The summed E-state index contributed by atoms with van der Waals surface area (Å²) in [6.07, 6.45) is 8.61. The van der Waals surface area contributed by atoms with E-state index in [9.17, 15) is 4.79 Å². The first-order valence-electron chi connectivity index (χ1n) is 12.1. The van der Waals surface area contributed by atoms with Gasteiger partial charge < -0.3 is 19.6 Å². The number of hydrogen-bond acceptors (Lipinski definition) is 5. The molecule has 0 saturated heterocycles.